The molecule has 0 aromatic carbocycles. The van der Waals surface area contributed by atoms with E-state index in [1.807, 2.05) is 0 Å². The summed E-state index contributed by atoms with van der Waals surface area (Å²) in [5, 5.41) is 15.5. The van der Waals surface area contributed by atoms with Crippen LogP contribution in [0, 0.1) is 12.3 Å². The molecule has 0 saturated carbocycles. The van der Waals surface area contributed by atoms with Crippen LogP contribution in [0.2, 0.25) is 0 Å². The van der Waals surface area contributed by atoms with Gasteiger partial charge in [0.15, 0.2) is 0 Å². The summed E-state index contributed by atoms with van der Waals surface area (Å²) in [6, 6.07) is 0. The monoisotopic (exact) mass is 138 g/mol. The first kappa shape index (κ1) is 6.75. The van der Waals surface area contributed by atoms with Crippen molar-refractivity contribution < 1.29 is 9.90 Å². The molecule has 0 aromatic rings. The summed E-state index contributed by atoms with van der Waals surface area (Å²) in [5.41, 5.74) is -0.763. The minimum Gasteiger partial charge on any atom is -0.481 e. The largest absolute Gasteiger partial charge is 0.481 e. The Labute approximate surface area is 58.0 Å². The van der Waals surface area contributed by atoms with Crippen LogP contribution in [0.15, 0.2) is 10.2 Å². The Morgan fingerprint density at radius 2 is 2.30 bits per heavy atom. The van der Waals surface area contributed by atoms with E-state index >= 15 is 0 Å². The number of aliphatic carboxylic acids is 1. The van der Waals surface area contributed by atoms with Crippen LogP contribution < -0.4 is 0 Å². The molecule has 10 heavy (non-hydrogen) atoms. The SMILES string of the molecule is C#CCC1(CC(=O)O)N=N1. The van der Waals surface area contributed by atoms with Gasteiger partial charge in [0.2, 0.25) is 5.66 Å². The van der Waals surface area contributed by atoms with Crippen molar-refractivity contribution in [2.75, 3.05) is 0 Å². The Balaban J connectivity index is 2.40. The van der Waals surface area contributed by atoms with Gasteiger partial charge in [-0.2, -0.15) is 10.2 Å². The van der Waals surface area contributed by atoms with Crippen molar-refractivity contribution in [3.05, 3.63) is 0 Å². The average molecular weight is 138 g/mol. The highest BCUT2D eigenvalue weighted by molar-refractivity contribution is 5.68. The third-order valence-electron chi connectivity index (χ3n) is 1.20. The third kappa shape index (κ3) is 1.32. The highest BCUT2D eigenvalue weighted by atomic mass is 16.4. The number of carboxylic acid groups (broad SMARTS) is 1. The molecule has 4 heteroatoms. The molecule has 0 fully saturated rings. The molecule has 4 nitrogen and oxygen atoms in total. The van der Waals surface area contributed by atoms with E-state index in [0.29, 0.717) is 6.42 Å². The van der Waals surface area contributed by atoms with Gasteiger partial charge in [-0.15, -0.1) is 12.3 Å². The Kier molecular flexibility index (Phi) is 1.42. The summed E-state index contributed by atoms with van der Waals surface area (Å²) in [6.07, 6.45) is 5.17. The van der Waals surface area contributed by atoms with Crippen LogP contribution in [-0.4, -0.2) is 16.7 Å². The zero-order chi connectivity index (χ0) is 7.61. The van der Waals surface area contributed by atoms with Gasteiger partial charge in [-0.3, -0.25) is 4.79 Å². The molecule has 52 valence electrons. The van der Waals surface area contributed by atoms with Gasteiger partial charge in [0.1, 0.15) is 0 Å². The Morgan fingerprint density at radius 1 is 1.70 bits per heavy atom. The molecule has 1 aliphatic rings. The molecule has 1 rings (SSSR count). The number of carboxylic acids is 1. The van der Waals surface area contributed by atoms with E-state index in [1.54, 1.807) is 0 Å². The van der Waals surface area contributed by atoms with E-state index in [-0.39, 0.29) is 6.42 Å². The van der Waals surface area contributed by atoms with Crippen molar-refractivity contribution in [2.24, 2.45) is 10.2 Å². The minimum absolute atomic E-state index is 0.0861. The number of terminal acetylenes is 1. The lowest BCUT2D eigenvalue weighted by Crippen LogP contribution is -2.15. The molecule has 1 N–H and O–H groups in total. The molecule has 0 unspecified atom stereocenters. The van der Waals surface area contributed by atoms with Crippen LogP contribution in [-0.2, 0) is 4.79 Å². The van der Waals surface area contributed by atoms with Crippen LogP contribution in [0.3, 0.4) is 0 Å². The zero-order valence-corrected chi connectivity index (χ0v) is 5.24. The van der Waals surface area contributed by atoms with Gasteiger partial charge in [-0.1, -0.05) is 0 Å². The fourth-order valence-electron chi connectivity index (χ4n) is 0.680. The van der Waals surface area contributed by atoms with Gasteiger partial charge in [-0.25, -0.2) is 0 Å². The molecular formula is C6H6N2O2. The molecule has 0 saturated heterocycles. The molecule has 1 aliphatic heterocycles. The minimum atomic E-state index is -0.916. The smallest absolute Gasteiger partial charge is 0.307 e. The van der Waals surface area contributed by atoms with E-state index in [9.17, 15) is 4.79 Å². The van der Waals surface area contributed by atoms with Crippen molar-refractivity contribution in [1.29, 1.82) is 0 Å². The van der Waals surface area contributed by atoms with Crippen LogP contribution >= 0.6 is 0 Å². The maximum absolute atomic E-state index is 10.1. The predicted molar refractivity (Wildman–Crippen MR) is 33.3 cm³/mol. The van der Waals surface area contributed by atoms with Gasteiger partial charge in [0.25, 0.3) is 0 Å². The number of carbonyl (C=O) groups is 1. The molecule has 0 bridgehead atoms. The third-order valence-corrected chi connectivity index (χ3v) is 1.20. The van der Waals surface area contributed by atoms with Crippen molar-refractivity contribution in [3.8, 4) is 12.3 Å². The Bertz CT molecular complexity index is 220. The molecule has 1 heterocycles. The quantitative estimate of drug-likeness (QED) is 0.582. The fourth-order valence-corrected chi connectivity index (χ4v) is 0.680. The van der Waals surface area contributed by atoms with E-state index in [0.717, 1.165) is 0 Å². The first-order valence-electron chi connectivity index (χ1n) is 2.78. The molecule has 0 aromatic heterocycles. The maximum atomic E-state index is 10.1. The topological polar surface area (TPSA) is 62.0 Å². The van der Waals surface area contributed by atoms with Gasteiger partial charge < -0.3 is 5.11 Å². The molecule has 0 amide bonds. The lowest BCUT2D eigenvalue weighted by molar-refractivity contribution is -0.137. The number of hydrogen-bond donors (Lipinski definition) is 1. The van der Waals surface area contributed by atoms with Gasteiger partial charge >= 0.3 is 5.97 Å². The van der Waals surface area contributed by atoms with Gasteiger partial charge in [-0.05, 0) is 0 Å². The van der Waals surface area contributed by atoms with E-state index in [2.05, 4.69) is 16.1 Å². The highest BCUT2D eigenvalue weighted by Gasteiger charge is 2.41. The fraction of sp³-hybridized carbons (Fsp3) is 0.500. The van der Waals surface area contributed by atoms with Crippen LogP contribution in [0.5, 0.6) is 0 Å². The van der Waals surface area contributed by atoms with E-state index in [1.165, 1.54) is 0 Å². The highest BCUT2D eigenvalue weighted by Crippen LogP contribution is 2.34. The molecule has 0 aliphatic carbocycles. The average Bonchev–Trinajstić information content (AvgIpc) is 2.47. The normalized spacial score (nSPS) is 17.9. The predicted octanol–water partition coefficient (Wildman–Crippen LogP) is 0.646. The van der Waals surface area contributed by atoms with Gasteiger partial charge in [0.05, 0.1) is 12.8 Å². The Hall–Kier alpha value is -1.37. The summed E-state index contributed by atoms with van der Waals surface area (Å²) in [7, 11) is 0. The number of nitrogens with zero attached hydrogens (tertiary/aromatic N) is 2. The lowest BCUT2D eigenvalue weighted by Gasteiger charge is -1.99. The Morgan fingerprint density at radius 3 is 2.60 bits per heavy atom. The summed E-state index contributed by atoms with van der Waals surface area (Å²) in [5.74, 6) is 1.41. The standard InChI is InChI=1S/C6H6N2O2/c1-2-3-6(7-8-6)4-5(9)10/h1H,3-4H2,(H,9,10). The number of rotatable bonds is 3. The van der Waals surface area contributed by atoms with Crippen molar-refractivity contribution in [1.82, 2.24) is 0 Å². The summed E-state index contributed by atoms with van der Waals surface area (Å²) >= 11 is 0. The molecule has 0 atom stereocenters. The van der Waals surface area contributed by atoms with E-state index < -0.39 is 11.6 Å². The molecular weight excluding hydrogens is 132 g/mol. The summed E-state index contributed by atoms with van der Waals surface area (Å²) in [6.45, 7) is 0. The lowest BCUT2D eigenvalue weighted by atomic mass is 10.1. The van der Waals surface area contributed by atoms with Crippen LogP contribution in [0.4, 0.5) is 0 Å². The maximum Gasteiger partial charge on any atom is 0.307 e. The van der Waals surface area contributed by atoms with Crippen LogP contribution in [0.1, 0.15) is 12.8 Å². The summed E-state index contributed by atoms with van der Waals surface area (Å²) < 4.78 is 0. The number of hydrogen-bond acceptors (Lipinski definition) is 3. The summed E-state index contributed by atoms with van der Waals surface area (Å²) in [4.78, 5) is 10.1. The first-order valence-corrected chi connectivity index (χ1v) is 2.78. The van der Waals surface area contributed by atoms with E-state index in [4.69, 9.17) is 11.5 Å². The second kappa shape index (κ2) is 2.10. The van der Waals surface area contributed by atoms with Crippen molar-refractivity contribution in [3.63, 3.8) is 0 Å². The van der Waals surface area contributed by atoms with Crippen molar-refractivity contribution in [2.45, 2.75) is 18.5 Å². The zero-order valence-electron chi connectivity index (χ0n) is 5.24. The second-order valence-electron chi connectivity index (χ2n) is 2.13. The second-order valence-corrected chi connectivity index (χ2v) is 2.13. The first-order chi connectivity index (χ1) is 4.68. The van der Waals surface area contributed by atoms with Gasteiger partial charge in [0, 0.05) is 0 Å². The van der Waals surface area contributed by atoms with Crippen molar-refractivity contribution >= 4 is 5.97 Å². The molecule has 0 radical (unpaired) electrons. The molecule has 0 spiro atoms. The van der Waals surface area contributed by atoms with Crippen LogP contribution in [0.25, 0.3) is 0 Å².